The Hall–Kier alpha value is -1.09. The number of hydrogen-bond donors (Lipinski definition) is 1. The van der Waals surface area contributed by atoms with Gasteiger partial charge in [-0.1, -0.05) is 24.4 Å². The number of nitrogens with one attached hydrogen (secondary N) is 1. The minimum absolute atomic E-state index is 0.447. The van der Waals surface area contributed by atoms with Gasteiger partial charge in [-0.05, 0) is 25.7 Å². The third kappa shape index (κ3) is 2.76. The fourth-order valence-electron chi connectivity index (χ4n) is 3.00. The summed E-state index contributed by atoms with van der Waals surface area (Å²) in [5, 5.41) is 4.24. The molecule has 0 bridgehead atoms. The number of benzene rings is 1. The molecule has 1 fully saturated rings. The first-order valence-corrected chi connectivity index (χ1v) is 7.47. The largest absolute Gasteiger partial charge is 0.486 e. The monoisotopic (exact) mass is 281 g/mol. The SMILES string of the molecule is CC(Nc1cc2c(cc1Cl)OCCO2)C1CCCC1. The van der Waals surface area contributed by atoms with Gasteiger partial charge in [0.25, 0.3) is 0 Å². The van der Waals surface area contributed by atoms with Crippen LogP contribution in [0, 0.1) is 5.92 Å². The van der Waals surface area contributed by atoms with Gasteiger partial charge in [0, 0.05) is 18.2 Å². The number of fused-ring (bicyclic) bond motifs is 1. The highest BCUT2D eigenvalue weighted by atomic mass is 35.5. The smallest absolute Gasteiger partial charge is 0.163 e. The highest BCUT2D eigenvalue weighted by Crippen LogP contribution is 2.39. The van der Waals surface area contributed by atoms with Crippen molar-refractivity contribution in [2.24, 2.45) is 5.92 Å². The average Bonchev–Trinajstić information content (AvgIpc) is 2.93. The standard InChI is InChI=1S/C15H20ClNO2/c1-10(11-4-2-3-5-11)17-13-9-15-14(8-12(13)16)18-6-7-19-15/h8-11,17H,2-7H2,1H3. The summed E-state index contributed by atoms with van der Waals surface area (Å²) >= 11 is 6.31. The Morgan fingerprint density at radius 3 is 2.47 bits per heavy atom. The van der Waals surface area contributed by atoms with Gasteiger partial charge in [-0.15, -0.1) is 0 Å². The predicted molar refractivity (Wildman–Crippen MR) is 77.5 cm³/mol. The maximum atomic E-state index is 6.31. The van der Waals surface area contributed by atoms with Crippen LogP contribution >= 0.6 is 11.6 Å². The van der Waals surface area contributed by atoms with Crippen molar-refractivity contribution in [3.63, 3.8) is 0 Å². The molecule has 1 aromatic carbocycles. The van der Waals surface area contributed by atoms with Gasteiger partial charge in [0.2, 0.25) is 0 Å². The Balaban J connectivity index is 1.76. The van der Waals surface area contributed by atoms with Crippen LogP contribution in [0.2, 0.25) is 5.02 Å². The van der Waals surface area contributed by atoms with Gasteiger partial charge < -0.3 is 14.8 Å². The molecule has 4 heteroatoms. The van der Waals surface area contributed by atoms with E-state index in [4.69, 9.17) is 21.1 Å². The van der Waals surface area contributed by atoms with E-state index in [0.29, 0.717) is 24.3 Å². The van der Waals surface area contributed by atoms with Crippen LogP contribution in [0.4, 0.5) is 5.69 Å². The first-order valence-electron chi connectivity index (χ1n) is 7.10. The molecule has 104 valence electrons. The molecule has 3 nitrogen and oxygen atoms in total. The van der Waals surface area contributed by atoms with E-state index in [1.54, 1.807) is 0 Å². The Kier molecular flexibility index (Phi) is 3.74. The lowest BCUT2D eigenvalue weighted by Crippen LogP contribution is -2.24. The summed E-state index contributed by atoms with van der Waals surface area (Å²) in [4.78, 5) is 0. The van der Waals surface area contributed by atoms with Crippen molar-refractivity contribution >= 4 is 17.3 Å². The van der Waals surface area contributed by atoms with Crippen LogP contribution < -0.4 is 14.8 Å². The van der Waals surface area contributed by atoms with Crippen LogP contribution in [0.1, 0.15) is 32.6 Å². The van der Waals surface area contributed by atoms with E-state index in [-0.39, 0.29) is 0 Å². The second-order valence-corrected chi connectivity index (χ2v) is 5.86. The van der Waals surface area contributed by atoms with E-state index in [9.17, 15) is 0 Å². The lowest BCUT2D eigenvalue weighted by molar-refractivity contribution is 0.171. The second-order valence-electron chi connectivity index (χ2n) is 5.45. The molecule has 1 N–H and O–H groups in total. The normalized spacial score (nSPS) is 20.3. The summed E-state index contributed by atoms with van der Waals surface area (Å²) in [7, 11) is 0. The highest BCUT2D eigenvalue weighted by Gasteiger charge is 2.23. The molecule has 1 aliphatic carbocycles. The van der Waals surface area contributed by atoms with E-state index >= 15 is 0 Å². The first kappa shape index (κ1) is 12.9. The van der Waals surface area contributed by atoms with E-state index < -0.39 is 0 Å². The summed E-state index contributed by atoms with van der Waals surface area (Å²) in [5.41, 5.74) is 0.949. The van der Waals surface area contributed by atoms with Crippen LogP contribution in [-0.2, 0) is 0 Å². The number of hydrogen-bond acceptors (Lipinski definition) is 3. The van der Waals surface area contributed by atoms with Gasteiger partial charge in [-0.2, -0.15) is 0 Å². The van der Waals surface area contributed by atoms with E-state index in [2.05, 4.69) is 12.2 Å². The van der Waals surface area contributed by atoms with Crippen LogP contribution in [0.15, 0.2) is 12.1 Å². The molecule has 1 aliphatic heterocycles. The van der Waals surface area contributed by atoms with Crippen molar-refractivity contribution in [1.29, 1.82) is 0 Å². The molecule has 0 saturated heterocycles. The molecular weight excluding hydrogens is 262 g/mol. The van der Waals surface area contributed by atoms with E-state index in [0.717, 1.165) is 23.1 Å². The summed E-state index contributed by atoms with van der Waals surface area (Å²) in [5.74, 6) is 2.29. The van der Waals surface area contributed by atoms with Gasteiger partial charge in [0.15, 0.2) is 11.5 Å². The number of ether oxygens (including phenoxy) is 2. The Labute approximate surface area is 119 Å². The second kappa shape index (κ2) is 5.49. The van der Waals surface area contributed by atoms with Crippen molar-refractivity contribution in [2.75, 3.05) is 18.5 Å². The van der Waals surface area contributed by atoms with Gasteiger partial charge in [-0.25, -0.2) is 0 Å². The Morgan fingerprint density at radius 1 is 1.16 bits per heavy atom. The summed E-state index contributed by atoms with van der Waals surface area (Å²) < 4.78 is 11.1. The zero-order valence-electron chi connectivity index (χ0n) is 11.2. The molecule has 0 aromatic heterocycles. The van der Waals surface area contributed by atoms with Gasteiger partial charge in [-0.3, -0.25) is 0 Å². The van der Waals surface area contributed by atoms with Crippen molar-refractivity contribution in [1.82, 2.24) is 0 Å². The van der Waals surface area contributed by atoms with Crippen molar-refractivity contribution in [3.8, 4) is 11.5 Å². The lowest BCUT2D eigenvalue weighted by Gasteiger charge is -2.24. The third-order valence-corrected chi connectivity index (χ3v) is 4.43. The zero-order valence-corrected chi connectivity index (χ0v) is 12.0. The molecule has 2 aliphatic rings. The topological polar surface area (TPSA) is 30.5 Å². The van der Waals surface area contributed by atoms with E-state index in [1.807, 2.05) is 12.1 Å². The van der Waals surface area contributed by atoms with Gasteiger partial charge in [0.05, 0.1) is 10.7 Å². The highest BCUT2D eigenvalue weighted by molar-refractivity contribution is 6.33. The Bertz CT molecular complexity index is 458. The van der Waals surface area contributed by atoms with Crippen LogP contribution in [0.25, 0.3) is 0 Å². The fraction of sp³-hybridized carbons (Fsp3) is 0.600. The van der Waals surface area contributed by atoms with Gasteiger partial charge in [0.1, 0.15) is 13.2 Å². The molecule has 1 atom stereocenters. The van der Waals surface area contributed by atoms with Crippen LogP contribution in [0.3, 0.4) is 0 Å². The molecule has 0 amide bonds. The molecule has 1 heterocycles. The summed E-state index contributed by atoms with van der Waals surface area (Å²) in [6.07, 6.45) is 5.34. The van der Waals surface area contributed by atoms with E-state index in [1.165, 1.54) is 25.7 Å². The fourth-order valence-corrected chi connectivity index (χ4v) is 3.20. The molecule has 1 saturated carbocycles. The number of halogens is 1. The zero-order chi connectivity index (χ0) is 13.2. The molecule has 19 heavy (non-hydrogen) atoms. The minimum Gasteiger partial charge on any atom is -0.486 e. The van der Waals surface area contributed by atoms with Gasteiger partial charge >= 0.3 is 0 Å². The van der Waals surface area contributed by atoms with Crippen molar-refractivity contribution in [3.05, 3.63) is 17.2 Å². The molecule has 1 unspecified atom stereocenters. The van der Waals surface area contributed by atoms with Crippen LogP contribution in [0.5, 0.6) is 11.5 Å². The van der Waals surface area contributed by atoms with Crippen molar-refractivity contribution < 1.29 is 9.47 Å². The molecule has 1 aromatic rings. The quantitative estimate of drug-likeness (QED) is 0.905. The summed E-state index contributed by atoms with van der Waals surface area (Å²) in [6, 6.07) is 4.25. The van der Waals surface area contributed by atoms with Crippen LogP contribution in [-0.4, -0.2) is 19.3 Å². The predicted octanol–water partition coefficient (Wildman–Crippen LogP) is 4.10. The number of anilines is 1. The Morgan fingerprint density at radius 2 is 1.79 bits per heavy atom. The maximum Gasteiger partial charge on any atom is 0.163 e. The maximum absolute atomic E-state index is 6.31. The number of rotatable bonds is 3. The lowest BCUT2D eigenvalue weighted by atomic mass is 9.99. The molecular formula is C15H20ClNO2. The first-order chi connectivity index (χ1) is 9.24. The molecule has 3 rings (SSSR count). The van der Waals surface area contributed by atoms with Crippen molar-refractivity contribution in [2.45, 2.75) is 38.6 Å². The molecule has 0 radical (unpaired) electrons. The molecule has 0 spiro atoms. The third-order valence-electron chi connectivity index (χ3n) is 4.12. The average molecular weight is 282 g/mol. The summed E-state index contributed by atoms with van der Waals surface area (Å²) in [6.45, 7) is 3.43. The minimum atomic E-state index is 0.447.